The largest absolute Gasteiger partial charge is 0.494 e. The van der Waals surface area contributed by atoms with Crippen LogP contribution < -0.4 is 14.8 Å². The molecule has 0 saturated heterocycles. The highest BCUT2D eigenvalue weighted by Gasteiger charge is 2.14. The van der Waals surface area contributed by atoms with E-state index < -0.39 is 10.0 Å². The van der Waals surface area contributed by atoms with Crippen molar-refractivity contribution in [3.8, 4) is 5.75 Å². The molecule has 1 unspecified atom stereocenters. The molecule has 0 aliphatic heterocycles. The molecule has 110 valence electrons. The molecule has 0 fully saturated rings. The molecular formula is C12H21ClN2O3S. The van der Waals surface area contributed by atoms with Gasteiger partial charge in [-0.15, -0.1) is 12.4 Å². The van der Waals surface area contributed by atoms with Gasteiger partial charge in [-0.1, -0.05) is 0 Å². The van der Waals surface area contributed by atoms with Crippen LogP contribution in [-0.4, -0.2) is 34.7 Å². The van der Waals surface area contributed by atoms with E-state index in [-0.39, 0.29) is 23.3 Å². The van der Waals surface area contributed by atoms with E-state index >= 15 is 0 Å². The monoisotopic (exact) mass is 308 g/mol. The number of rotatable bonds is 7. The van der Waals surface area contributed by atoms with E-state index in [9.17, 15) is 8.42 Å². The topological polar surface area (TPSA) is 67.4 Å². The Morgan fingerprint density at radius 2 is 1.84 bits per heavy atom. The molecule has 0 spiro atoms. The van der Waals surface area contributed by atoms with Gasteiger partial charge in [-0.25, -0.2) is 13.1 Å². The Balaban J connectivity index is 0.00000324. The molecule has 0 bridgehead atoms. The molecule has 0 heterocycles. The third-order valence-corrected chi connectivity index (χ3v) is 3.96. The molecule has 1 aromatic rings. The predicted molar refractivity (Wildman–Crippen MR) is 78.6 cm³/mol. The van der Waals surface area contributed by atoms with Gasteiger partial charge in [0.25, 0.3) is 0 Å². The molecule has 0 aliphatic rings. The van der Waals surface area contributed by atoms with Crippen molar-refractivity contribution >= 4 is 22.4 Å². The van der Waals surface area contributed by atoms with Crippen LogP contribution in [0.3, 0.4) is 0 Å². The molecule has 1 aromatic carbocycles. The molecular weight excluding hydrogens is 288 g/mol. The van der Waals surface area contributed by atoms with Gasteiger partial charge in [-0.3, -0.25) is 0 Å². The van der Waals surface area contributed by atoms with E-state index in [4.69, 9.17) is 4.74 Å². The van der Waals surface area contributed by atoms with Gasteiger partial charge in [-0.05, 0) is 45.2 Å². The lowest BCUT2D eigenvalue weighted by Crippen LogP contribution is -2.37. The second-order valence-electron chi connectivity index (χ2n) is 3.95. The van der Waals surface area contributed by atoms with Crippen LogP contribution in [0.15, 0.2) is 29.2 Å². The van der Waals surface area contributed by atoms with Crippen LogP contribution in [0.25, 0.3) is 0 Å². The van der Waals surface area contributed by atoms with Crippen molar-refractivity contribution in [2.24, 2.45) is 0 Å². The van der Waals surface area contributed by atoms with Crippen molar-refractivity contribution in [2.75, 3.05) is 20.2 Å². The molecule has 0 saturated carbocycles. The highest BCUT2D eigenvalue weighted by atomic mass is 35.5. The molecule has 1 atom stereocenters. The first kappa shape index (κ1) is 18.2. The zero-order valence-electron chi connectivity index (χ0n) is 11.3. The zero-order chi connectivity index (χ0) is 13.6. The third-order valence-electron chi connectivity index (χ3n) is 2.52. The smallest absolute Gasteiger partial charge is 0.240 e. The summed E-state index contributed by atoms with van der Waals surface area (Å²) in [7, 11) is -1.66. The fraction of sp³-hybridized carbons (Fsp3) is 0.500. The number of hydrogen-bond donors (Lipinski definition) is 2. The van der Waals surface area contributed by atoms with E-state index in [0.717, 1.165) is 0 Å². The van der Waals surface area contributed by atoms with Gasteiger partial charge in [-0.2, -0.15) is 0 Å². The number of sulfonamides is 1. The minimum absolute atomic E-state index is 0. The number of halogens is 1. The van der Waals surface area contributed by atoms with Crippen LogP contribution in [0.4, 0.5) is 0 Å². The Kier molecular flexibility index (Phi) is 8.01. The lowest BCUT2D eigenvalue weighted by Gasteiger charge is -2.12. The molecule has 0 aromatic heterocycles. The van der Waals surface area contributed by atoms with Gasteiger partial charge in [0.05, 0.1) is 11.5 Å². The van der Waals surface area contributed by atoms with E-state index in [2.05, 4.69) is 10.0 Å². The summed E-state index contributed by atoms with van der Waals surface area (Å²) < 4.78 is 31.7. The van der Waals surface area contributed by atoms with Gasteiger partial charge in [0.2, 0.25) is 10.0 Å². The summed E-state index contributed by atoms with van der Waals surface area (Å²) in [4.78, 5) is 0.245. The average Bonchev–Trinajstić information content (AvgIpc) is 2.37. The third kappa shape index (κ3) is 5.78. The normalized spacial score (nSPS) is 12.6. The van der Waals surface area contributed by atoms with Gasteiger partial charge in [0, 0.05) is 12.6 Å². The highest BCUT2D eigenvalue weighted by molar-refractivity contribution is 7.89. The second-order valence-corrected chi connectivity index (χ2v) is 5.71. The summed E-state index contributed by atoms with van der Waals surface area (Å²) in [5.74, 6) is 0.667. The van der Waals surface area contributed by atoms with Crippen molar-refractivity contribution in [2.45, 2.75) is 24.8 Å². The Morgan fingerprint density at radius 1 is 1.26 bits per heavy atom. The molecule has 19 heavy (non-hydrogen) atoms. The zero-order valence-corrected chi connectivity index (χ0v) is 13.0. The highest BCUT2D eigenvalue weighted by Crippen LogP contribution is 2.15. The van der Waals surface area contributed by atoms with Gasteiger partial charge >= 0.3 is 0 Å². The number of ether oxygens (including phenoxy) is 1. The fourth-order valence-electron chi connectivity index (χ4n) is 1.30. The molecule has 7 heteroatoms. The molecule has 0 radical (unpaired) electrons. The average molecular weight is 309 g/mol. The minimum Gasteiger partial charge on any atom is -0.494 e. The van der Waals surface area contributed by atoms with Gasteiger partial charge in [0.1, 0.15) is 5.75 Å². The molecule has 2 N–H and O–H groups in total. The fourth-order valence-corrected chi connectivity index (χ4v) is 2.43. The Hall–Kier alpha value is -0.820. The van der Waals surface area contributed by atoms with E-state index in [1.165, 1.54) is 12.1 Å². The number of benzene rings is 1. The summed E-state index contributed by atoms with van der Waals surface area (Å²) in [6, 6.07) is 6.47. The molecule has 0 aliphatic carbocycles. The summed E-state index contributed by atoms with van der Waals surface area (Å²) >= 11 is 0. The van der Waals surface area contributed by atoms with Crippen molar-refractivity contribution in [3.05, 3.63) is 24.3 Å². The SMILES string of the molecule is CCOc1ccc(S(=O)(=O)NCC(C)NC)cc1.Cl. The molecule has 1 rings (SSSR count). The van der Waals surface area contributed by atoms with Crippen LogP contribution in [0.1, 0.15) is 13.8 Å². The number of hydrogen-bond acceptors (Lipinski definition) is 4. The maximum atomic E-state index is 11.9. The maximum absolute atomic E-state index is 11.9. The van der Waals surface area contributed by atoms with Gasteiger partial charge in [0.15, 0.2) is 0 Å². The lowest BCUT2D eigenvalue weighted by atomic mass is 10.3. The second kappa shape index (κ2) is 8.37. The van der Waals surface area contributed by atoms with Crippen molar-refractivity contribution in [3.63, 3.8) is 0 Å². The first-order valence-corrected chi connectivity index (χ1v) is 7.37. The molecule has 0 amide bonds. The van der Waals surface area contributed by atoms with Crippen LogP contribution in [0.5, 0.6) is 5.75 Å². The van der Waals surface area contributed by atoms with E-state index in [0.29, 0.717) is 18.9 Å². The molecule has 5 nitrogen and oxygen atoms in total. The quantitative estimate of drug-likeness (QED) is 0.799. The number of likely N-dealkylation sites (N-methyl/N-ethyl adjacent to an activating group) is 1. The maximum Gasteiger partial charge on any atom is 0.240 e. The summed E-state index contributed by atoms with van der Waals surface area (Å²) in [6.07, 6.45) is 0. The van der Waals surface area contributed by atoms with Crippen molar-refractivity contribution in [1.82, 2.24) is 10.0 Å². The van der Waals surface area contributed by atoms with Crippen LogP contribution in [0.2, 0.25) is 0 Å². The Labute approximate surface area is 121 Å². The Morgan fingerprint density at radius 3 is 2.32 bits per heavy atom. The minimum atomic E-state index is -3.44. The summed E-state index contributed by atoms with van der Waals surface area (Å²) in [5.41, 5.74) is 0. The first-order valence-electron chi connectivity index (χ1n) is 5.89. The lowest BCUT2D eigenvalue weighted by molar-refractivity contribution is 0.340. The summed E-state index contributed by atoms with van der Waals surface area (Å²) in [5, 5.41) is 2.97. The first-order chi connectivity index (χ1) is 8.49. The van der Waals surface area contributed by atoms with Crippen LogP contribution in [0, 0.1) is 0 Å². The predicted octanol–water partition coefficient (Wildman–Crippen LogP) is 1.39. The van der Waals surface area contributed by atoms with Crippen LogP contribution >= 0.6 is 12.4 Å². The van der Waals surface area contributed by atoms with E-state index in [1.54, 1.807) is 19.2 Å². The summed E-state index contributed by atoms with van der Waals surface area (Å²) in [6.45, 7) is 4.70. The standard InChI is InChI=1S/C12H20N2O3S.ClH/c1-4-17-11-5-7-12(8-6-11)18(15,16)14-9-10(2)13-3;/h5-8,10,13-14H,4,9H2,1-3H3;1H. The van der Waals surface area contributed by atoms with Crippen LogP contribution in [-0.2, 0) is 10.0 Å². The van der Waals surface area contributed by atoms with Crippen molar-refractivity contribution < 1.29 is 13.2 Å². The van der Waals surface area contributed by atoms with E-state index in [1.807, 2.05) is 13.8 Å². The van der Waals surface area contributed by atoms with Crippen molar-refractivity contribution in [1.29, 1.82) is 0 Å². The number of nitrogens with one attached hydrogen (secondary N) is 2. The van der Waals surface area contributed by atoms with Gasteiger partial charge < -0.3 is 10.1 Å². The Bertz CT molecular complexity index is 462.